The second-order valence-electron chi connectivity index (χ2n) is 5.04. The Balaban J connectivity index is 1.69. The molecule has 2 saturated carbocycles. The number of thioether (sulfide) groups is 1. The second kappa shape index (κ2) is 3.91. The zero-order valence-electron chi connectivity index (χ0n) is 9.48. The number of aromatic nitrogens is 3. The van der Waals surface area contributed by atoms with Crippen molar-refractivity contribution in [2.45, 2.75) is 43.3 Å². The highest BCUT2D eigenvalue weighted by Crippen LogP contribution is 2.51. The van der Waals surface area contributed by atoms with E-state index in [1.165, 1.54) is 0 Å². The minimum atomic E-state index is -0.0971. The highest BCUT2D eigenvalue weighted by molar-refractivity contribution is 7.99. The molecule has 90 valence electrons. The van der Waals surface area contributed by atoms with Crippen molar-refractivity contribution in [3.63, 3.8) is 0 Å². The molecule has 3 rings (SSSR count). The van der Waals surface area contributed by atoms with Crippen LogP contribution in [0.15, 0.2) is 9.95 Å². The lowest BCUT2D eigenvalue weighted by atomic mass is 10.1. The lowest BCUT2D eigenvalue weighted by Crippen LogP contribution is -2.16. The maximum Gasteiger partial charge on any atom is 0.344 e. The predicted octanol–water partition coefficient (Wildman–Crippen LogP) is 1.69. The summed E-state index contributed by atoms with van der Waals surface area (Å²) < 4.78 is 1.77. The van der Waals surface area contributed by atoms with Gasteiger partial charge in [-0.2, -0.15) is 5.26 Å². The molecular formula is C11H14N4OS. The first-order valence-electron chi connectivity index (χ1n) is 5.91. The molecule has 0 bridgehead atoms. The quantitative estimate of drug-likeness (QED) is 0.807. The molecule has 6 heteroatoms. The van der Waals surface area contributed by atoms with E-state index in [0.29, 0.717) is 12.5 Å². The third-order valence-electron chi connectivity index (χ3n) is 3.50. The molecule has 0 amide bonds. The molecule has 1 heterocycles. The minimum Gasteiger partial charge on any atom is -0.267 e. The van der Waals surface area contributed by atoms with Gasteiger partial charge in [-0.3, -0.25) is 4.57 Å². The van der Waals surface area contributed by atoms with Gasteiger partial charge in [0.25, 0.3) is 0 Å². The molecule has 2 aliphatic carbocycles. The van der Waals surface area contributed by atoms with Crippen molar-refractivity contribution in [2.75, 3.05) is 5.75 Å². The lowest BCUT2D eigenvalue weighted by molar-refractivity contribution is 0.597. The Morgan fingerprint density at radius 1 is 1.59 bits per heavy atom. The third kappa shape index (κ3) is 2.12. The van der Waals surface area contributed by atoms with Gasteiger partial charge < -0.3 is 0 Å². The van der Waals surface area contributed by atoms with Crippen LogP contribution in [-0.4, -0.2) is 20.5 Å². The van der Waals surface area contributed by atoms with E-state index in [1.807, 2.05) is 0 Å². The molecule has 0 atom stereocenters. The molecule has 0 spiro atoms. The molecule has 0 aliphatic heterocycles. The van der Waals surface area contributed by atoms with Crippen molar-refractivity contribution in [3.8, 4) is 6.07 Å². The van der Waals surface area contributed by atoms with Crippen molar-refractivity contribution in [1.29, 1.82) is 5.26 Å². The molecule has 1 aromatic heterocycles. The normalized spacial score (nSPS) is 21.1. The molecule has 0 aromatic carbocycles. The fraction of sp³-hybridized carbons (Fsp3) is 0.727. The summed E-state index contributed by atoms with van der Waals surface area (Å²) in [5.74, 6) is 0.900. The van der Waals surface area contributed by atoms with Gasteiger partial charge in [-0.25, -0.2) is 9.89 Å². The van der Waals surface area contributed by atoms with Crippen LogP contribution in [0.4, 0.5) is 0 Å². The SMILES string of the molecule is N#CCC1(CSc2n[nH]c(=O)n2C2CC2)CC1. The molecule has 0 radical (unpaired) electrons. The fourth-order valence-electron chi connectivity index (χ4n) is 1.98. The number of H-pyrrole nitrogens is 1. The first kappa shape index (κ1) is 10.9. The van der Waals surface area contributed by atoms with Gasteiger partial charge in [-0.1, -0.05) is 11.8 Å². The van der Waals surface area contributed by atoms with Crippen LogP contribution >= 0.6 is 11.8 Å². The molecule has 0 saturated heterocycles. The van der Waals surface area contributed by atoms with E-state index in [4.69, 9.17) is 5.26 Å². The lowest BCUT2D eigenvalue weighted by Gasteiger charge is -2.09. The topological polar surface area (TPSA) is 74.5 Å². The van der Waals surface area contributed by atoms with Crippen molar-refractivity contribution >= 4 is 11.8 Å². The van der Waals surface area contributed by atoms with Gasteiger partial charge in [0.05, 0.1) is 6.07 Å². The van der Waals surface area contributed by atoms with E-state index in [1.54, 1.807) is 16.3 Å². The first-order valence-corrected chi connectivity index (χ1v) is 6.89. The van der Waals surface area contributed by atoms with Crippen LogP contribution in [0.5, 0.6) is 0 Å². The molecular weight excluding hydrogens is 236 g/mol. The average Bonchev–Trinajstić information content (AvgIpc) is 3.21. The van der Waals surface area contributed by atoms with Crippen LogP contribution in [0, 0.1) is 16.7 Å². The van der Waals surface area contributed by atoms with Crippen LogP contribution < -0.4 is 5.69 Å². The van der Waals surface area contributed by atoms with Gasteiger partial charge >= 0.3 is 5.69 Å². The van der Waals surface area contributed by atoms with Crippen LogP contribution in [0.3, 0.4) is 0 Å². The zero-order valence-corrected chi connectivity index (χ0v) is 10.3. The summed E-state index contributed by atoms with van der Waals surface area (Å²) in [5.41, 5.74) is 0.100. The summed E-state index contributed by atoms with van der Waals surface area (Å²) in [6.07, 6.45) is 5.04. The van der Waals surface area contributed by atoms with Gasteiger partial charge in [-0.15, -0.1) is 5.10 Å². The van der Waals surface area contributed by atoms with Crippen LogP contribution in [0.1, 0.15) is 38.1 Å². The highest BCUT2D eigenvalue weighted by atomic mass is 32.2. The molecule has 1 aromatic rings. The van der Waals surface area contributed by atoms with Gasteiger partial charge in [0.2, 0.25) is 0 Å². The Bertz CT molecular complexity index is 518. The van der Waals surface area contributed by atoms with Crippen molar-refractivity contribution < 1.29 is 0 Å². The van der Waals surface area contributed by atoms with Crippen molar-refractivity contribution in [1.82, 2.24) is 14.8 Å². The van der Waals surface area contributed by atoms with Crippen molar-refractivity contribution in [2.24, 2.45) is 5.41 Å². The first-order chi connectivity index (χ1) is 8.24. The smallest absolute Gasteiger partial charge is 0.267 e. The van der Waals surface area contributed by atoms with E-state index in [9.17, 15) is 4.79 Å². The molecule has 17 heavy (non-hydrogen) atoms. The summed E-state index contributed by atoms with van der Waals surface area (Å²) in [5, 5.41) is 16.1. The number of hydrogen-bond acceptors (Lipinski definition) is 4. The Hall–Kier alpha value is -1.22. The molecule has 2 aliphatic rings. The van der Waals surface area contributed by atoms with E-state index in [0.717, 1.165) is 36.6 Å². The van der Waals surface area contributed by atoms with Gasteiger partial charge in [0, 0.05) is 18.2 Å². The van der Waals surface area contributed by atoms with E-state index >= 15 is 0 Å². The summed E-state index contributed by atoms with van der Waals surface area (Å²) in [6, 6.07) is 2.61. The van der Waals surface area contributed by atoms with Gasteiger partial charge in [-0.05, 0) is 31.1 Å². The number of hydrogen-bond donors (Lipinski definition) is 1. The highest BCUT2D eigenvalue weighted by Gasteiger charge is 2.43. The second-order valence-corrected chi connectivity index (χ2v) is 5.98. The van der Waals surface area contributed by atoms with Crippen LogP contribution in [0.2, 0.25) is 0 Å². The molecule has 5 nitrogen and oxygen atoms in total. The monoisotopic (exact) mass is 250 g/mol. The summed E-state index contributed by atoms with van der Waals surface area (Å²) in [4.78, 5) is 11.6. The summed E-state index contributed by atoms with van der Waals surface area (Å²) >= 11 is 1.62. The van der Waals surface area contributed by atoms with Gasteiger partial charge in [0.1, 0.15) is 0 Å². The zero-order chi connectivity index (χ0) is 11.9. The van der Waals surface area contributed by atoms with Crippen molar-refractivity contribution in [3.05, 3.63) is 10.5 Å². The largest absolute Gasteiger partial charge is 0.344 e. The predicted molar refractivity (Wildman–Crippen MR) is 63.7 cm³/mol. The van der Waals surface area contributed by atoms with E-state index < -0.39 is 0 Å². The average molecular weight is 250 g/mol. The van der Waals surface area contributed by atoms with Crippen LogP contribution in [-0.2, 0) is 0 Å². The Kier molecular flexibility index (Phi) is 2.51. The summed E-state index contributed by atoms with van der Waals surface area (Å²) in [7, 11) is 0. The molecule has 0 unspecified atom stereocenters. The number of aromatic amines is 1. The number of rotatable bonds is 5. The Morgan fingerprint density at radius 3 is 2.94 bits per heavy atom. The van der Waals surface area contributed by atoms with Gasteiger partial charge in [0.15, 0.2) is 5.16 Å². The minimum absolute atomic E-state index is 0.0971. The third-order valence-corrected chi connectivity index (χ3v) is 4.81. The molecule has 2 fully saturated rings. The summed E-state index contributed by atoms with van der Waals surface area (Å²) in [6.45, 7) is 0. The Labute approximate surface area is 103 Å². The number of nitriles is 1. The maximum atomic E-state index is 11.6. The van der Waals surface area contributed by atoms with E-state index in [-0.39, 0.29) is 11.1 Å². The van der Waals surface area contributed by atoms with E-state index in [2.05, 4.69) is 16.3 Å². The fourth-order valence-corrected chi connectivity index (χ4v) is 3.29. The standard InChI is InChI=1S/C11H14N4OS/c12-6-5-11(3-4-11)7-17-10-14-13-9(16)15(10)8-1-2-8/h8H,1-5,7H2,(H,13,16). The molecule has 1 N–H and O–H groups in total. The Morgan fingerprint density at radius 2 is 2.35 bits per heavy atom. The number of nitrogens with zero attached hydrogens (tertiary/aromatic N) is 3. The van der Waals surface area contributed by atoms with Crippen LogP contribution in [0.25, 0.3) is 0 Å². The maximum absolute atomic E-state index is 11.6. The number of nitrogens with one attached hydrogen (secondary N) is 1.